The van der Waals surface area contributed by atoms with Gasteiger partial charge in [0.2, 0.25) is 0 Å². The van der Waals surface area contributed by atoms with E-state index in [9.17, 15) is 22.0 Å². The molecular formula is C14H12F5N3O. The van der Waals surface area contributed by atoms with Crippen LogP contribution in [-0.4, -0.2) is 16.8 Å². The number of aryl methyl sites for hydroxylation is 1. The smallest absolute Gasteiger partial charge is 0.434 e. The second-order valence-electron chi connectivity index (χ2n) is 4.64. The summed E-state index contributed by atoms with van der Waals surface area (Å²) in [4.78, 5) is 0. The summed E-state index contributed by atoms with van der Waals surface area (Å²) in [6.45, 7) is -1.15. The van der Waals surface area contributed by atoms with Gasteiger partial charge in [0.1, 0.15) is 11.6 Å². The van der Waals surface area contributed by atoms with Crippen LogP contribution in [0.4, 0.5) is 27.8 Å². The molecule has 0 aliphatic rings. The van der Waals surface area contributed by atoms with Crippen LogP contribution in [0.2, 0.25) is 0 Å². The quantitative estimate of drug-likeness (QED) is 0.840. The first-order valence-electron chi connectivity index (χ1n) is 6.45. The van der Waals surface area contributed by atoms with Crippen molar-refractivity contribution in [2.75, 3.05) is 5.32 Å². The number of ether oxygens (including phenoxy) is 1. The molecule has 0 aliphatic heterocycles. The summed E-state index contributed by atoms with van der Waals surface area (Å²) in [5.74, 6) is 0.0699. The van der Waals surface area contributed by atoms with Crippen LogP contribution in [0.1, 0.15) is 16.8 Å². The van der Waals surface area contributed by atoms with E-state index in [1.165, 1.54) is 6.07 Å². The number of hydrogen-bond donors (Lipinski definition) is 1. The second kappa shape index (κ2) is 6.76. The third kappa shape index (κ3) is 4.76. The molecule has 0 amide bonds. The normalized spacial score (nSPS) is 11.6. The predicted octanol–water partition coefficient (Wildman–Crippen LogP) is 4.02. The van der Waals surface area contributed by atoms with Gasteiger partial charge in [-0.15, -0.1) is 10.2 Å². The van der Waals surface area contributed by atoms with E-state index in [4.69, 9.17) is 0 Å². The Hall–Kier alpha value is -2.45. The first-order valence-corrected chi connectivity index (χ1v) is 6.45. The highest BCUT2D eigenvalue weighted by Crippen LogP contribution is 2.27. The van der Waals surface area contributed by atoms with Crippen molar-refractivity contribution in [2.24, 2.45) is 0 Å². The number of benzene rings is 1. The zero-order valence-corrected chi connectivity index (χ0v) is 11.9. The monoisotopic (exact) mass is 333 g/mol. The van der Waals surface area contributed by atoms with Crippen molar-refractivity contribution in [3.05, 3.63) is 47.2 Å². The van der Waals surface area contributed by atoms with Crippen LogP contribution < -0.4 is 10.1 Å². The van der Waals surface area contributed by atoms with Gasteiger partial charge in [-0.05, 0) is 25.1 Å². The molecule has 2 rings (SSSR count). The maximum absolute atomic E-state index is 12.4. The standard InChI is InChI=1S/C14H12F5N3O/c1-8-2-3-10(23-13(15)16)9(6-8)7-20-12-5-4-11(21-22-12)14(17,18)19/h2-6,13H,7H2,1H3,(H,20,22). The molecular weight excluding hydrogens is 321 g/mol. The van der Waals surface area contributed by atoms with Crippen molar-refractivity contribution >= 4 is 5.82 Å². The molecule has 0 bridgehead atoms. The fourth-order valence-corrected chi connectivity index (χ4v) is 1.82. The summed E-state index contributed by atoms with van der Waals surface area (Å²) in [6.07, 6.45) is -4.57. The molecule has 0 atom stereocenters. The van der Waals surface area contributed by atoms with Gasteiger partial charge in [0.15, 0.2) is 5.69 Å². The molecule has 4 nitrogen and oxygen atoms in total. The van der Waals surface area contributed by atoms with E-state index in [1.54, 1.807) is 19.1 Å². The number of hydrogen-bond acceptors (Lipinski definition) is 4. The van der Waals surface area contributed by atoms with Crippen molar-refractivity contribution < 1.29 is 26.7 Å². The Morgan fingerprint density at radius 2 is 1.87 bits per heavy atom. The first kappa shape index (κ1) is 16.9. The molecule has 0 radical (unpaired) electrons. The Morgan fingerprint density at radius 3 is 2.43 bits per heavy atom. The minimum Gasteiger partial charge on any atom is -0.434 e. The predicted molar refractivity (Wildman–Crippen MR) is 72.2 cm³/mol. The van der Waals surface area contributed by atoms with E-state index in [0.29, 0.717) is 5.56 Å². The molecule has 23 heavy (non-hydrogen) atoms. The van der Waals surface area contributed by atoms with Gasteiger partial charge in [-0.2, -0.15) is 22.0 Å². The average Bonchev–Trinajstić information content (AvgIpc) is 2.46. The number of alkyl halides is 5. The Bertz CT molecular complexity index is 658. The summed E-state index contributed by atoms with van der Waals surface area (Å²) >= 11 is 0. The summed E-state index contributed by atoms with van der Waals surface area (Å²) in [5.41, 5.74) is 0.134. The summed E-state index contributed by atoms with van der Waals surface area (Å²) in [5, 5.41) is 9.18. The Kier molecular flexibility index (Phi) is 4.97. The van der Waals surface area contributed by atoms with Crippen LogP contribution in [0.3, 0.4) is 0 Å². The number of nitrogens with zero attached hydrogens (tertiary/aromatic N) is 2. The van der Waals surface area contributed by atoms with Crippen LogP contribution in [0.5, 0.6) is 5.75 Å². The molecule has 1 aromatic carbocycles. The molecule has 0 fully saturated rings. The fourth-order valence-electron chi connectivity index (χ4n) is 1.82. The van der Waals surface area contributed by atoms with Crippen molar-refractivity contribution in [3.63, 3.8) is 0 Å². The molecule has 0 unspecified atom stereocenters. The topological polar surface area (TPSA) is 47.0 Å². The summed E-state index contributed by atoms with van der Waals surface area (Å²) < 4.78 is 66.2. The molecule has 124 valence electrons. The van der Waals surface area contributed by atoms with Crippen molar-refractivity contribution in [3.8, 4) is 5.75 Å². The maximum atomic E-state index is 12.4. The van der Waals surface area contributed by atoms with Crippen LogP contribution in [0.15, 0.2) is 30.3 Å². The molecule has 0 saturated heterocycles. The van der Waals surface area contributed by atoms with Gasteiger partial charge in [-0.1, -0.05) is 17.7 Å². The van der Waals surface area contributed by atoms with Gasteiger partial charge in [0, 0.05) is 12.1 Å². The lowest BCUT2D eigenvalue weighted by molar-refractivity contribution is -0.141. The van der Waals surface area contributed by atoms with Crippen molar-refractivity contribution in [1.29, 1.82) is 0 Å². The number of aromatic nitrogens is 2. The molecule has 1 N–H and O–H groups in total. The van der Waals surface area contributed by atoms with Gasteiger partial charge in [-0.3, -0.25) is 0 Å². The van der Waals surface area contributed by atoms with Crippen molar-refractivity contribution in [2.45, 2.75) is 26.3 Å². The molecule has 1 aromatic heterocycles. The Labute approximate surface area is 128 Å². The fraction of sp³-hybridized carbons (Fsp3) is 0.286. The molecule has 1 heterocycles. The van der Waals surface area contributed by atoms with E-state index in [2.05, 4.69) is 20.3 Å². The third-order valence-corrected chi connectivity index (χ3v) is 2.85. The van der Waals surface area contributed by atoms with Crippen LogP contribution in [0.25, 0.3) is 0 Å². The molecule has 0 saturated carbocycles. The number of halogens is 5. The van der Waals surface area contributed by atoms with Crippen LogP contribution in [-0.2, 0) is 12.7 Å². The minimum atomic E-state index is -4.57. The highest BCUT2D eigenvalue weighted by molar-refractivity contribution is 5.41. The largest absolute Gasteiger partial charge is 0.435 e. The summed E-state index contributed by atoms with van der Waals surface area (Å²) in [7, 11) is 0. The van der Waals surface area contributed by atoms with Gasteiger partial charge in [0.05, 0.1) is 0 Å². The van der Waals surface area contributed by atoms with Gasteiger partial charge in [-0.25, -0.2) is 0 Å². The highest BCUT2D eigenvalue weighted by atomic mass is 19.4. The third-order valence-electron chi connectivity index (χ3n) is 2.85. The van der Waals surface area contributed by atoms with E-state index in [0.717, 1.165) is 17.7 Å². The maximum Gasteiger partial charge on any atom is 0.435 e. The van der Waals surface area contributed by atoms with Crippen molar-refractivity contribution in [1.82, 2.24) is 10.2 Å². The van der Waals surface area contributed by atoms with Gasteiger partial charge in [0.25, 0.3) is 0 Å². The van der Waals surface area contributed by atoms with E-state index < -0.39 is 18.5 Å². The van der Waals surface area contributed by atoms with E-state index in [-0.39, 0.29) is 18.1 Å². The molecule has 9 heteroatoms. The molecule has 2 aromatic rings. The zero-order chi connectivity index (χ0) is 17.0. The zero-order valence-electron chi connectivity index (χ0n) is 11.9. The lowest BCUT2D eigenvalue weighted by Gasteiger charge is -2.13. The lowest BCUT2D eigenvalue weighted by atomic mass is 10.1. The number of nitrogens with one attached hydrogen (secondary N) is 1. The SMILES string of the molecule is Cc1ccc(OC(F)F)c(CNc2ccc(C(F)(F)F)nn2)c1. The number of rotatable bonds is 5. The Morgan fingerprint density at radius 1 is 1.13 bits per heavy atom. The number of anilines is 1. The summed E-state index contributed by atoms with van der Waals surface area (Å²) in [6, 6.07) is 6.53. The van der Waals surface area contributed by atoms with Crippen LogP contribution in [0, 0.1) is 6.92 Å². The molecule has 0 spiro atoms. The van der Waals surface area contributed by atoms with E-state index in [1.807, 2.05) is 0 Å². The van der Waals surface area contributed by atoms with Gasteiger partial charge >= 0.3 is 12.8 Å². The van der Waals surface area contributed by atoms with Crippen LogP contribution >= 0.6 is 0 Å². The van der Waals surface area contributed by atoms with Gasteiger partial charge < -0.3 is 10.1 Å². The first-order chi connectivity index (χ1) is 10.8. The second-order valence-corrected chi connectivity index (χ2v) is 4.64. The minimum absolute atomic E-state index is 0.0158. The molecule has 0 aliphatic carbocycles. The van der Waals surface area contributed by atoms with E-state index >= 15 is 0 Å². The average molecular weight is 333 g/mol. The lowest BCUT2D eigenvalue weighted by Crippen LogP contribution is -2.11. The Balaban J connectivity index is 2.10. The highest BCUT2D eigenvalue weighted by Gasteiger charge is 2.32.